The fourth-order valence-corrected chi connectivity index (χ4v) is 4.09. The third kappa shape index (κ3) is 3.63. The maximum absolute atomic E-state index is 13.0. The number of nitrogens with zero attached hydrogens (tertiary/aromatic N) is 3. The summed E-state index contributed by atoms with van der Waals surface area (Å²) in [7, 11) is 0. The lowest BCUT2D eigenvalue weighted by Gasteiger charge is -2.28. The van der Waals surface area contributed by atoms with E-state index in [1.807, 2.05) is 25.1 Å². The number of anilines is 3. The molecule has 1 fully saturated rings. The summed E-state index contributed by atoms with van der Waals surface area (Å²) in [6, 6.07) is 8.43. The van der Waals surface area contributed by atoms with Crippen molar-refractivity contribution in [3.05, 3.63) is 60.0 Å². The minimum atomic E-state index is -4.47. The van der Waals surface area contributed by atoms with Crippen molar-refractivity contribution in [2.45, 2.75) is 32.0 Å². The van der Waals surface area contributed by atoms with E-state index in [9.17, 15) is 18.0 Å². The summed E-state index contributed by atoms with van der Waals surface area (Å²) in [6.07, 6.45) is 0.394. The first-order valence-electron chi connectivity index (χ1n) is 10.2. The first-order chi connectivity index (χ1) is 15.3. The minimum absolute atomic E-state index is 0.107. The molecule has 9 heteroatoms. The number of pyridine rings is 2. The summed E-state index contributed by atoms with van der Waals surface area (Å²) >= 11 is 0. The van der Waals surface area contributed by atoms with Crippen LogP contribution in [0.5, 0.6) is 5.75 Å². The number of nitrogens with one attached hydrogen (secondary N) is 1. The Labute approximate surface area is 182 Å². The van der Waals surface area contributed by atoms with Gasteiger partial charge < -0.3 is 15.0 Å². The van der Waals surface area contributed by atoms with E-state index in [0.29, 0.717) is 24.5 Å². The largest absolute Gasteiger partial charge is 0.485 e. The second-order valence-electron chi connectivity index (χ2n) is 7.83. The Morgan fingerprint density at radius 2 is 1.97 bits per heavy atom. The second-order valence-corrected chi connectivity index (χ2v) is 7.83. The molecule has 32 heavy (non-hydrogen) atoms. The first-order valence-corrected chi connectivity index (χ1v) is 10.2. The van der Waals surface area contributed by atoms with Gasteiger partial charge in [-0.05, 0) is 37.6 Å². The molecule has 1 atom stereocenters. The Morgan fingerprint density at radius 3 is 2.72 bits per heavy atom. The molecule has 164 valence electrons. The van der Waals surface area contributed by atoms with Gasteiger partial charge in [-0.3, -0.25) is 9.78 Å². The monoisotopic (exact) mass is 440 g/mol. The van der Waals surface area contributed by atoms with Crippen LogP contribution in [0.25, 0.3) is 11.1 Å². The lowest BCUT2D eigenvalue weighted by Crippen LogP contribution is -2.24. The number of carbonyl (C=O) groups is 1. The highest BCUT2D eigenvalue weighted by Gasteiger charge is 2.31. The number of carbonyl (C=O) groups excluding carboxylic acids is 1. The number of benzene rings is 1. The molecule has 0 aliphatic carbocycles. The SMILES string of the molecule is C[C@@H]1Oc2cc(N3CCCC3=O)ccc2-c2cnc(Nc3cncc(C(F)(F)F)c3)cc21. The Hall–Kier alpha value is -3.62. The van der Waals surface area contributed by atoms with Crippen molar-refractivity contribution >= 4 is 23.1 Å². The third-order valence-electron chi connectivity index (χ3n) is 5.66. The van der Waals surface area contributed by atoms with E-state index in [-0.39, 0.29) is 17.7 Å². The van der Waals surface area contributed by atoms with E-state index in [2.05, 4.69) is 15.3 Å². The predicted octanol–water partition coefficient (Wildman–Crippen LogP) is 5.49. The lowest BCUT2D eigenvalue weighted by molar-refractivity contribution is -0.137. The number of alkyl halides is 3. The molecule has 5 rings (SSSR count). The molecule has 0 spiro atoms. The summed E-state index contributed by atoms with van der Waals surface area (Å²) in [6.45, 7) is 2.59. The average Bonchev–Trinajstić information content (AvgIpc) is 3.19. The summed E-state index contributed by atoms with van der Waals surface area (Å²) in [4.78, 5) is 21.9. The van der Waals surface area contributed by atoms with Gasteiger partial charge in [0.15, 0.2) is 0 Å². The number of aromatic nitrogens is 2. The van der Waals surface area contributed by atoms with Crippen LogP contribution < -0.4 is 15.0 Å². The van der Waals surface area contributed by atoms with Gasteiger partial charge in [0, 0.05) is 53.8 Å². The van der Waals surface area contributed by atoms with Gasteiger partial charge in [0.1, 0.15) is 17.7 Å². The van der Waals surface area contributed by atoms with Crippen LogP contribution in [0.1, 0.15) is 37.0 Å². The van der Waals surface area contributed by atoms with Crippen molar-refractivity contribution in [1.29, 1.82) is 0 Å². The van der Waals surface area contributed by atoms with Crippen LogP contribution in [0.4, 0.5) is 30.4 Å². The van der Waals surface area contributed by atoms with Crippen molar-refractivity contribution < 1.29 is 22.7 Å². The highest BCUT2D eigenvalue weighted by atomic mass is 19.4. The van der Waals surface area contributed by atoms with E-state index >= 15 is 0 Å². The van der Waals surface area contributed by atoms with Gasteiger partial charge in [-0.2, -0.15) is 13.2 Å². The molecule has 2 aromatic heterocycles. The van der Waals surface area contributed by atoms with Crippen molar-refractivity contribution in [2.24, 2.45) is 0 Å². The first kappa shape index (κ1) is 20.3. The molecule has 1 saturated heterocycles. The van der Waals surface area contributed by atoms with Crippen molar-refractivity contribution in [2.75, 3.05) is 16.8 Å². The fraction of sp³-hybridized carbons (Fsp3) is 0.261. The summed E-state index contributed by atoms with van der Waals surface area (Å²) < 4.78 is 45.0. The van der Waals surface area contributed by atoms with Crippen molar-refractivity contribution in [3.8, 4) is 16.9 Å². The Kier molecular flexibility index (Phi) is 4.76. The molecule has 3 aromatic rings. The van der Waals surface area contributed by atoms with Gasteiger partial charge >= 0.3 is 6.18 Å². The molecule has 2 aliphatic heterocycles. The summed E-state index contributed by atoms with van der Waals surface area (Å²) in [5.41, 5.74) is 2.76. The van der Waals surface area contributed by atoms with Gasteiger partial charge in [-0.25, -0.2) is 4.98 Å². The molecular formula is C23H19F3N4O2. The van der Waals surface area contributed by atoms with Crippen LogP contribution in [0, 0.1) is 0 Å². The molecule has 4 heterocycles. The molecule has 2 aliphatic rings. The summed E-state index contributed by atoms with van der Waals surface area (Å²) in [5, 5.41) is 2.89. The maximum Gasteiger partial charge on any atom is 0.417 e. The van der Waals surface area contributed by atoms with Crippen molar-refractivity contribution in [1.82, 2.24) is 9.97 Å². The molecule has 0 saturated carbocycles. The molecule has 1 N–H and O–H groups in total. The number of halogens is 3. The van der Waals surface area contributed by atoms with Crippen LogP contribution >= 0.6 is 0 Å². The number of amides is 1. The van der Waals surface area contributed by atoms with Gasteiger partial charge in [-0.1, -0.05) is 0 Å². The third-order valence-corrected chi connectivity index (χ3v) is 5.66. The van der Waals surface area contributed by atoms with Gasteiger partial charge in [0.05, 0.1) is 17.4 Å². The number of hydrogen-bond acceptors (Lipinski definition) is 5. The van der Waals surface area contributed by atoms with Crippen LogP contribution in [0.15, 0.2) is 48.9 Å². The van der Waals surface area contributed by atoms with Crippen LogP contribution in [-0.4, -0.2) is 22.4 Å². The molecule has 0 radical (unpaired) electrons. The van der Waals surface area contributed by atoms with Crippen molar-refractivity contribution in [3.63, 3.8) is 0 Å². The number of rotatable bonds is 3. The number of hydrogen-bond donors (Lipinski definition) is 1. The predicted molar refractivity (Wildman–Crippen MR) is 113 cm³/mol. The minimum Gasteiger partial charge on any atom is -0.485 e. The van der Waals surface area contributed by atoms with E-state index in [0.717, 1.165) is 41.1 Å². The standard InChI is InChI=1S/C23H19F3N4O2/c1-13-18-9-21(29-15-7-14(10-27-11-15)23(24,25)26)28-12-19(18)17-5-4-16(8-20(17)32-13)30-6-2-3-22(30)31/h4-5,7-13H,2-3,6H2,1H3,(H,28,29)/t13-/m0/s1. The average molecular weight is 440 g/mol. The van der Waals surface area contributed by atoms with Crippen LogP contribution in [0.3, 0.4) is 0 Å². The lowest BCUT2D eigenvalue weighted by atomic mass is 9.94. The fourth-order valence-electron chi connectivity index (χ4n) is 4.09. The zero-order valence-corrected chi connectivity index (χ0v) is 17.1. The van der Waals surface area contributed by atoms with Gasteiger partial charge in [0.2, 0.25) is 5.91 Å². The molecule has 1 amide bonds. The van der Waals surface area contributed by atoms with E-state index in [1.54, 1.807) is 17.2 Å². The van der Waals surface area contributed by atoms with E-state index < -0.39 is 11.7 Å². The maximum atomic E-state index is 13.0. The molecule has 6 nitrogen and oxygen atoms in total. The number of fused-ring (bicyclic) bond motifs is 3. The number of ether oxygens (including phenoxy) is 1. The Morgan fingerprint density at radius 1 is 1.12 bits per heavy atom. The second kappa shape index (κ2) is 7.51. The molecule has 0 unspecified atom stereocenters. The zero-order valence-electron chi connectivity index (χ0n) is 17.1. The summed E-state index contributed by atoms with van der Waals surface area (Å²) in [5.74, 6) is 1.17. The van der Waals surface area contributed by atoms with Gasteiger partial charge in [-0.15, -0.1) is 0 Å². The Bertz CT molecular complexity index is 1210. The zero-order chi connectivity index (χ0) is 22.5. The van der Waals surface area contributed by atoms with E-state index in [1.165, 1.54) is 6.20 Å². The van der Waals surface area contributed by atoms with E-state index in [4.69, 9.17) is 4.74 Å². The molecule has 1 aromatic carbocycles. The Balaban J connectivity index is 1.45. The quantitative estimate of drug-likeness (QED) is 0.584. The van der Waals surface area contributed by atoms with Crippen LogP contribution in [0.2, 0.25) is 0 Å². The normalized spacial score (nSPS) is 17.6. The highest BCUT2D eigenvalue weighted by Crippen LogP contribution is 2.44. The highest BCUT2D eigenvalue weighted by molar-refractivity contribution is 5.96. The topological polar surface area (TPSA) is 67.3 Å². The molecule has 0 bridgehead atoms. The van der Waals surface area contributed by atoms with Crippen LogP contribution in [-0.2, 0) is 11.0 Å². The molecular weight excluding hydrogens is 421 g/mol. The van der Waals surface area contributed by atoms with Gasteiger partial charge in [0.25, 0.3) is 0 Å². The smallest absolute Gasteiger partial charge is 0.417 e.